The van der Waals surface area contributed by atoms with Crippen molar-refractivity contribution in [1.29, 1.82) is 10.5 Å². The van der Waals surface area contributed by atoms with E-state index in [2.05, 4.69) is 21.5 Å². The standard InChI is InChI=1S/C11H16N6/c1-11(8-13,14-2)5-3-4-6-17-9-15-10(7-12)16-17/h9,14H,3-6H2,1-2H3. The fourth-order valence-corrected chi connectivity index (χ4v) is 1.44. The Hall–Kier alpha value is -1.92. The molecule has 0 saturated carbocycles. The second kappa shape index (κ2) is 5.97. The maximum absolute atomic E-state index is 8.96. The highest BCUT2D eigenvalue weighted by atomic mass is 15.3. The molecular formula is C11H16N6. The summed E-state index contributed by atoms with van der Waals surface area (Å²) in [5.41, 5.74) is -0.458. The Morgan fingerprint density at radius 3 is 2.76 bits per heavy atom. The van der Waals surface area contributed by atoms with Crippen LogP contribution in [0.5, 0.6) is 0 Å². The topological polar surface area (TPSA) is 90.3 Å². The molecule has 0 spiro atoms. The van der Waals surface area contributed by atoms with E-state index in [9.17, 15) is 0 Å². The van der Waals surface area contributed by atoms with Gasteiger partial charge in [-0.15, -0.1) is 5.10 Å². The fraction of sp³-hybridized carbons (Fsp3) is 0.636. The average molecular weight is 232 g/mol. The van der Waals surface area contributed by atoms with Gasteiger partial charge in [-0.1, -0.05) is 0 Å². The lowest BCUT2D eigenvalue weighted by Crippen LogP contribution is -2.37. The summed E-state index contributed by atoms with van der Waals surface area (Å²) in [7, 11) is 1.79. The van der Waals surface area contributed by atoms with Crippen molar-refractivity contribution in [3.63, 3.8) is 0 Å². The van der Waals surface area contributed by atoms with Gasteiger partial charge in [0, 0.05) is 6.54 Å². The van der Waals surface area contributed by atoms with Crippen molar-refractivity contribution in [2.75, 3.05) is 7.05 Å². The highest BCUT2D eigenvalue weighted by Crippen LogP contribution is 2.12. The smallest absolute Gasteiger partial charge is 0.252 e. The van der Waals surface area contributed by atoms with Crippen molar-refractivity contribution in [3.8, 4) is 12.1 Å². The van der Waals surface area contributed by atoms with E-state index < -0.39 is 5.54 Å². The van der Waals surface area contributed by atoms with Crippen molar-refractivity contribution < 1.29 is 0 Å². The monoisotopic (exact) mass is 232 g/mol. The first-order valence-corrected chi connectivity index (χ1v) is 5.53. The molecule has 1 N–H and O–H groups in total. The van der Waals surface area contributed by atoms with Crippen molar-refractivity contribution in [1.82, 2.24) is 20.1 Å². The van der Waals surface area contributed by atoms with Crippen LogP contribution in [0.3, 0.4) is 0 Å². The molecule has 1 aromatic rings. The van der Waals surface area contributed by atoms with Crippen molar-refractivity contribution >= 4 is 0 Å². The van der Waals surface area contributed by atoms with Gasteiger partial charge in [0.15, 0.2) is 0 Å². The van der Waals surface area contributed by atoms with Crippen LogP contribution in [0.1, 0.15) is 32.0 Å². The average Bonchev–Trinajstić information content (AvgIpc) is 2.82. The van der Waals surface area contributed by atoms with E-state index in [4.69, 9.17) is 10.5 Å². The summed E-state index contributed by atoms with van der Waals surface area (Å²) >= 11 is 0. The largest absolute Gasteiger partial charge is 0.303 e. The number of rotatable bonds is 6. The molecule has 1 heterocycles. The summed E-state index contributed by atoms with van der Waals surface area (Å²) in [6, 6.07) is 4.14. The van der Waals surface area contributed by atoms with E-state index in [1.54, 1.807) is 18.1 Å². The molecule has 1 atom stereocenters. The van der Waals surface area contributed by atoms with Gasteiger partial charge in [-0.05, 0) is 33.2 Å². The predicted molar refractivity (Wildman–Crippen MR) is 61.7 cm³/mol. The maximum Gasteiger partial charge on any atom is 0.252 e. The third-order valence-electron chi connectivity index (χ3n) is 2.75. The van der Waals surface area contributed by atoms with Crippen molar-refractivity contribution in [3.05, 3.63) is 12.2 Å². The molecule has 90 valence electrons. The first-order chi connectivity index (χ1) is 8.13. The van der Waals surface area contributed by atoms with E-state index in [-0.39, 0.29) is 5.82 Å². The summed E-state index contributed by atoms with van der Waals surface area (Å²) < 4.78 is 1.65. The van der Waals surface area contributed by atoms with Gasteiger partial charge in [0.25, 0.3) is 5.82 Å². The molecule has 0 aromatic carbocycles. The molecular weight excluding hydrogens is 216 g/mol. The summed E-state index contributed by atoms with van der Waals surface area (Å²) in [5.74, 6) is 0.196. The molecule has 17 heavy (non-hydrogen) atoms. The first-order valence-electron chi connectivity index (χ1n) is 5.53. The van der Waals surface area contributed by atoms with E-state index in [0.717, 1.165) is 25.8 Å². The molecule has 0 amide bonds. The lowest BCUT2D eigenvalue weighted by molar-refractivity contribution is 0.419. The summed E-state index contributed by atoms with van der Waals surface area (Å²) in [4.78, 5) is 3.82. The third-order valence-corrected chi connectivity index (χ3v) is 2.75. The highest BCUT2D eigenvalue weighted by molar-refractivity contribution is 5.05. The number of nitriles is 2. The first kappa shape index (κ1) is 13.1. The van der Waals surface area contributed by atoms with Crippen LogP contribution in [-0.2, 0) is 6.54 Å². The van der Waals surface area contributed by atoms with E-state index in [0.29, 0.717) is 0 Å². The molecule has 0 saturated heterocycles. The molecule has 6 heteroatoms. The van der Waals surface area contributed by atoms with Gasteiger partial charge in [0.05, 0.1) is 6.07 Å². The molecule has 1 unspecified atom stereocenters. The second-order valence-electron chi connectivity index (χ2n) is 4.09. The van der Waals surface area contributed by atoms with Crippen LogP contribution in [0, 0.1) is 22.7 Å². The molecule has 0 bridgehead atoms. The molecule has 0 aliphatic rings. The zero-order valence-electron chi connectivity index (χ0n) is 10.1. The molecule has 0 radical (unpaired) electrons. The number of aromatic nitrogens is 3. The minimum absolute atomic E-state index is 0.196. The molecule has 6 nitrogen and oxygen atoms in total. The van der Waals surface area contributed by atoms with Gasteiger partial charge in [-0.3, -0.25) is 4.68 Å². The van der Waals surface area contributed by atoms with E-state index in [1.807, 2.05) is 13.0 Å². The van der Waals surface area contributed by atoms with Crippen molar-refractivity contribution in [2.45, 2.75) is 38.3 Å². The number of nitrogens with one attached hydrogen (secondary N) is 1. The predicted octanol–water partition coefficient (Wildman–Crippen LogP) is 0.822. The number of hydrogen-bond acceptors (Lipinski definition) is 5. The van der Waals surface area contributed by atoms with Crippen LogP contribution >= 0.6 is 0 Å². The van der Waals surface area contributed by atoms with Gasteiger partial charge in [0.1, 0.15) is 17.9 Å². The Bertz CT molecular complexity index is 438. The Labute approximate surface area is 101 Å². The quantitative estimate of drug-likeness (QED) is 0.733. The van der Waals surface area contributed by atoms with Gasteiger partial charge in [-0.25, -0.2) is 4.98 Å². The Balaban J connectivity index is 2.30. The second-order valence-corrected chi connectivity index (χ2v) is 4.09. The van der Waals surface area contributed by atoms with Gasteiger partial charge >= 0.3 is 0 Å². The summed E-state index contributed by atoms with van der Waals surface area (Å²) in [6.07, 6.45) is 4.18. The zero-order chi connectivity index (χ0) is 12.7. The van der Waals surface area contributed by atoms with Crippen LogP contribution in [-0.4, -0.2) is 27.4 Å². The highest BCUT2D eigenvalue weighted by Gasteiger charge is 2.19. The van der Waals surface area contributed by atoms with Gasteiger partial charge in [0.2, 0.25) is 0 Å². The van der Waals surface area contributed by atoms with Crippen LogP contribution in [0.25, 0.3) is 0 Å². The number of unbranched alkanes of at least 4 members (excludes halogenated alkanes) is 1. The summed E-state index contributed by atoms with van der Waals surface area (Å²) in [5, 5.41) is 24.5. The van der Waals surface area contributed by atoms with Gasteiger partial charge in [-0.2, -0.15) is 10.5 Å². The molecule has 0 aliphatic heterocycles. The number of nitrogens with zero attached hydrogens (tertiary/aromatic N) is 5. The van der Waals surface area contributed by atoms with E-state index in [1.165, 1.54) is 0 Å². The third kappa shape index (κ3) is 3.86. The van der Waals surface area contributed by atoms with Gasteiger partial charge < -0.3 is 5.32 Å². The Morgan fingerprint density at radius 1 is 1.47 bits per heavy atom. The molecule has 1 aromatic heterocycles. The fourth-order valence-electron chi connectivity index (χ4n) is 1.44. The SMILES string of the molecule is CNC(C)(C#N)CCCCn1cnc(C#N)n1. The number of aryl methyl sites for hydroxylation is 1. The molecule has 0 aliphatic carbocycles. The van der Waals surface area contributed by atoms with E-state index >= 15 is 0 Å². The Morgan fingerprint density at radius 2 is 2.24 bits per heavy atom. The molecule has 1 rings (SSSR count). The normalized spacial score (nSPS) is 13.6. The van der Waals surface area contributed by atoms with Crippen molar-refractivity contribution in [2.24, 2.45) is 0 Å². The maximum atomic E-state index is 8.96. The zero-order valence-corrected chi connectivity index (χ0v) is 10.1. The lowest BCUT2D eigenvalue weighted by atomic mass is 9.97. The lowest BCUT2D eigenvalue weighted by Gasteiger charge is -2.20. The minimum Gasteiger partial charge on any atom is -0.303 e. The minimum atomic E-state index is -0.458. The van der Waals surface area contributed by atoms with Crippen LogP contribution in [0.2, 0.25) is 0 Å². The number of hydrogen-bond donors (Lipinski definition) is 1. The van der Waals surface area contributed by atoms with Crippen LogP contribution in [0.4, 0.5) is 0 Å². The van der Waals surface area contributed by atoms with Crippen LogP contribution in [0.15, 0.2) is 6.33 Å². The Kier molecular flexibility index (Phi) is 4.62. The summed E-state index contributed by atoms with van der Waals surface area (Å²) in [6.45, 7) is 2.61. The molecule has 0 fully saturated rings. The van der Waals surface area contributed by atoms with Crippen LogP contribution < -0.4 is 5.32 Å².